The molecular weight excluding hydrogens is 153 g/mol. The summed E-state index contributed by atoms with van der Waals surface area (Å²) in [5.74, 6) is 0. The summed E-state index contributed by atoms with van der Waals surface area (Å²) >= 11 is 0. The van der Waals surface area contributed by atoms with Gasteiger partial charge >= 0.3 is 0 Å². The van der Waals surface area contributed by atoms with Gasteiger partial charge in [-0.05, 0) is 0 Å². The van der Waals surface area contributed by atoms with Crippen molar-refractivity contribution in [2.75, 3.05) is 0 Å². The summed E-state index contributed by atoms with van der Waals surface area (Å²) in [5, 5.41) is 0. The van der Waals surface area contributed by atoms with Crippen LogP contribution in [-0.2, 0) is 6.54 Å². The van der Waals surface area contributed by atoms with Gasteiger partial charge in [0.25, 0.3) is 0 Å². The quantitative estimate of drug-likeness (QED) is 0.481. The first-order valence-electron chi connectivity index (χ1n) is 3.87. The normalized spacial score (nSPS) is 8.82. The molecule has 0 N–H and O–H groups in total. The molecule has 0 saturated carbocycles. The lowest BCUT2D eigenvalue weighted by Crippen LogP contribution is -2.31. The largest absolute Gasteiger partial charge is 0.205 e. The second kappa shape index (κ2) is 6.30. The third-order valence-electron chi connectivity index (χ3n) is 1.55. The van der Waals surface area contributed by atoms with Crippen LogP contribution >= 0.6 is 9.90 Å². The topological polar surface area (TPSA) is 3.88 Å². The van der Waals surface area contributed by atoms with Gasteiger partial charge < -0.3 is 0 Å². The van der Waals surface area contributed by atoms with Crippen molar-refractivity contribution in [3.05, 3.63) is 30.6 Å². The van der Waals surface area contributed by atoms with Crippen molar-refractivity contribution in [2.45, 2.75) is 26.3 Å². The van der Waals surface area contributed by atoms with Crippen LogP contribution in [0.4, 0.5) is 0 Å². The van der Waals surface area contributed by atoms with E-state index in [4.69, 9.17) is 0 Å². The molecule has 1 heterocycles. The molecule has 2 heteroatoms. The van der Waals surface area contributed by atoms with Crippen molar-refractivity contribution in [2.24, 2.45) is 0 Å². The van der Waals surface area contributed by atoms with E-state index in [1.807, 2.05) is 6.07 Å². The maximum Gasteiger partial charge on any atom is 0.168 e. The van der Waals surface area contributed by atoms with E-state index >= 15 is 0 Å². The lowest BCUT2D eigenvalue weighted by Gasteiger charge is -1.91. The van der Waals surface area contributed by atoms with Crippen LogP contribution in [-0.4, -0.2) is 0 Å². The highest BCUT2D eigenvalue weighted by atomic mass is 31.0. The minimum atomic E-state index is 0. The molecule has 0 bridgehead atoms. The van der Waals surface area contributed by atoms with Crippen molar-refractivity contribution in [3.63, 3.8) is 0 Å². The standard InChI is InChI=1S/C9H14N.H3P/c1-2-3-7-10-8-5-4-6-9-10;/h4-6,8-9H,2-3,7H2,1H3;1H3/q+1;. The fraction of sp³-hybridized carbons (Fsp3) is 0.444. The number of hydrogen-bond donors (Lipinski definition) is 0. The van der Waals surface area contributed by atoms with Crippen LogP contribution in [0.5, 0.6) is 0 Å². The summed E-state index contributed by atoms with van der Waals surface area (Å²) in [5.41, 5.74) is 0. The molecule has 0 amide bonds. The van der Waals surface area contributed by atoms with E-state index < -0.39 is 0 Å². The molecule has 1 unspecified atom stereocenters. The Morgan fingerprint density at radius 3 is 2.27 bits per heavy atom. The molecule has 0 aliphatic heterocycles. The maximum atomic E-state index is 2.21. The average molecular weight is 170 g/mol. The molecule has 0 spiro atoms. The molecular formula is C9H17NP+. The minimum Gasteiger partial charge on any atom is -0.205 e. The van der Waals surface area contributed by atoms with E-state index in [1.54, 1.807) is 0 Å². The Morgan fingerprint density at radius 1 is 1.09 bits per heavy atom. The van der Waals surface area contributed by atoms with E-state index in [9.17, 15) is 0 Å². The Morgan fingerprint density at radius 2 is 1.73 bits per heavy atom. The smallest absolute Gasteiger partial charge is 0.168 e. The van der Waals surface area contributed by atoms with Gasteiger partial charge in [0.1, 0.15) is 6.54 Å². The molecule has 0 saturated heterocycles. The molecule has 0 fully saturated rings. The first-order chi connectivity index (χ1) is 4.93. The number of rotatable bonds is 3. The average Bonchev–Trinajstić information content (AvgIpc) is 2.03. The van der Waals surface area contributed by atoms with Crippen LogP contribution in [0, 0.1) is 0 Å². The number of pyridine rings is 1. The maximum absolute atomic E-state index is 2.21. The molecule has 0 aliphatic carbocycles. The van der Waals surface area contributed by atoms with Gasteiger partial charge in [0.2, 0.25) is 0 Å². The van der Waals surface area contributed by atoms with Crippen LogP contribution in [0.2, 0.25) is 0 Å². The lowest BCUT2D eigenvalue weighted by atomic mass is 10.3. The van der Waals surface area contributed by atoms with Crippen molar-refractivity contribution < 1.29 is 4.57 Å². The first kappa shape index (κ1) is 10.6. The fourth-order valence-electron chi connectivity index (χ4n) is 0.924. The zero-order valence-corrected chi connectivity index (χ0v) is 8.58. The van der Waals surface area contributed by atoms with Gasteiger partial charge in [-0.3, -0.25) is 0 Å². The lowest BCUT2D eigenvalue weighted by molar-refractivity contribution is -0.697. The fourth-order valence-corrected chi connectivity index (χ4v) is 0.924. The summed E-state index contributed by atoms with van der Waals surface area (Å²) in [6.07, 6.45) is 6.75. The van der Waals surface area contributed by atoms with E-state index in [2.05, 4.69) is 36.0 Å². The van der Waals surface area contributed by atoms with Crippen LogP contribution in [0.15, 0.2) is 30.6 Å². The van der Waals surface area contributed by atoms with Crippen LogP contribution < -0.4 is 4.57 Å². The number of hydrogen-bond acceptors (Lipinski definition) is 0. The monoisotopic (exact) mass is 170 g/mol. The van der Waals surface area contributed by atoms with Crippen molar-refractivity contribution >= 4 is 9.90 Å². The summed E-state index contributed by atoms with van der Waals surface area (Å²) in [6, 6.07) is 6.17. The van der Waals surface area contributed by atoms with E-state index in [0.29, 0.717) is 0 Å². The van der Waals surface area contributed by atoms with Crippen LogP contribution in [0.1, 0.15) is 19.8 Å². The summed E-state index contributed by atoms with van der Waals surface area (Å²) in [6.45, 7) is 3.36. The third kappa shape index (κ3) is 4.10. The highest BCUT2D eigenvalue weighted by molar-refractivity contribution is 6.92. The second-order valence-electron chi connectivity index (χ2n) is 2.47. The van der Waals surface area contributed by atoms with E-state index in [1.165, 1.54) is 12.8 Å². The number of aromatic nitrogens is 1. The number of unbranched alkanes of at least 4 members (excludes halogenated alkanes) is 1. The highest BCUT2D eigenvalue weighted by Gasteiger charge is 1.93. The van der Waals surface area contributed by atoms with Crippen LogP contribution in [0.25, 0.3) is 0 Å². The predicted molar refractivity (Wildman–Crippen MR) is 52.7 cm³/mol. The van der Waals surface area contributed by atoms with Gasteiger partial charge in [0, 0.05) is 18.6 Å². The van der Waals surface area contributed by atoms with Gasteiger partial charge in [-0.1, -0.05) is 19.4 Å². The molecule has 0 radical (unpaired) electrons. The Hall–Kier alpha value is -0.420. The minimum absolute atomic E-state index is 0. The Kier molecular flexibility index (Phi) is 6.06. The Balaban J connectivity index is 0.000001000. The molecule has 62 valence electrons. The molecule has 1 rings (SSSR count). The second-order valence-corrected chi connectivity index (χ2v) is 2.47. The highest BCUT2D eigenvalue weighted by Crippen LogP contribution is 1.85. The van der Waals surface area contributed by atoms with Crippen LogP contribution in [0.3, 0.4) is 0 Å². The zero-order valence-electron chi connectivity index (χ0n) is 7.16. The molecule has 1 nitrogen and oxygen atoms in total. The van der Waals surface area contributed by atoms with Crippen molar-refractivity contribution in [1.82, 2.24) is 0 Å². The summed E-state index contributed by atoms with van der Waals surface area (Å²) in [4.78, 5) is 0. The molecule has 1 aromatic heterocycles. The zero-order chi connectivity index (χ0) is 7.23. The van der Waals surface area contributed by atoms with Gasteiger partial charge in [-0.15, -0.1) is 0 Å². The van der Waals surface area contributed by atoms with Gasteiger partial charge in [0.15, 0.2) is 12.4 Å². The van der Waals surface area contributed by atoms with Crippen molar-refractivity contribution in [3.8, 4) is 0 Å². The molecule has 11 heavy (non-hydrogen) atoms. The first-order valence-corrected chi connectivity index (χ1v) is 3.87. The molecule has 1 aromatic rings. The van der Waals surface area contributed by atoms with Gasteiger partial charge in [-0.25, -0.2) is 4.57 Å². The summed E-state index contributed by atoms with van der Waals surface area (Å²) in [7, 11) is 0. The van der Waals surface area contributed by atoms with E-state index in [-0.39, 0.29) is 9.90 Å². The third-order valence-corrected chi connectivity index (χ3v) is 1.55. The van der Waals surface area contributed by atoms with Gasteiger partial charge in [-0.2, -0.15) is 9.90 Å². The van der Waals surface area contributed by atoms with Gasteiger partial charge in [0.05, 0.1) is 0 Å². The number of aryl methyl sites for hydroxylation is 1. The molecule has 0 aromatic carbocycles. The predicted octanol–water partition coefficient (Wildman–Crippen LogP) is 1.83. The number of nitrogens with zero attached hydrogens (tertiary/aromatic N) is 1. The summed E-state index contributed by atoms with van der Waals surface area (Å²) < 4.78 is 2.21. The van der Waals surface area contributed by atoms with Crippen molar-refractivity contribution in [1.29, 1.82) is 0 Å². The molecule has 0 aliphatic rings. The Bertz CT molecular complexity index is 174. The molecule has 1 atom stereocenters. The SMILES string of the molecule is CCCC[n+]1ccccc1.P. The Labute approximate surface area is 72.1 Å². The van der Waals surface area contributed by atoms with E-state index in [0.717, 1.165) is 6.54 Å².